The molecule has 0 heterocycles. The third kappa shape index (κ3) is 2.74. The lowest BCUT2D eigenvalue weighted by atomic mass is 10.0. The fourth-order valence-corrected chi connectivity index (χ4v) is 1.88. The van der Waals surface area contributed by atoms with Gasteiger partial charge in [0.15, 0.2) is 0 Å². The van der Waals surface area contributed by atoms with Gasteiger partial charge in [-0.15, -0.1) is 0 Å². The molecule has 0 saturated carbocycles. The minimum absolute atomic E-state index is 0.210. The molecule has 3 nitrogen and oxygen atoms in total. The Bertz CT molecular complexity index is 337. The lowest BCUT2D eigenvalue weighted by molar-refractivity contribution is 0.294. The summed E-state index contributed by atoms with van der Waals surface area (Å²) < 4.78 is 5.40. The summed E-state index contributed by atoms with van der Waals surface area (Å²) in [5, 5.41) is 0. The van der Waals surface area contributed by atoms with Gasteiger partial charge < -0.3 is 15.4 Å². The Morgan fingerprint density at radius 3 is 2.50 bits per heavy atom. The molecule has 1 unspecified atom stereocenters. The maximum atomic E-state index is 5.82. The topological polar surface area (TPSA) is 38.5 Å². The number of benzene rings is 1. The summed E-state index contributed by atoms with van der Waals surface area (Å²) in [5.74, 6) is 0.918. The number of hydrogen-bond donors (Lipinski definition) is 1. The van der Waals surface area contributed by atoms with Crippen LogP contribution in [0.4, 0.5) is 0 Å². The summed E-state index contributed by atoms with van der Waals surface area (Å²) in [6, 6.07) is 6.53. The smallest absolute Gasteiger partial charge is 0.123 e. The van der Waals surface area contributed by atoms with E-state index in [1.165, 1.54) is 11.1 Å². The highest BCUT2D eigenvalue weighted by atomic mass is 16.5. The predicted molar refractivity (Wildman–Crippen MR) is 67.9 cm³/mol. The highest BCUT2D eigenvalue weighted by Crippen LogP contribution is 2.28. The highest BCUT2D eigenvalue weighted by molar-refractivity contribution is 5.39. The van der Waals surface area contributed by atoms with E-state index >= 15 is 0 Å². The van der Waals surface area contributed by atoms with E-state index in [0.29, 0.717) is 6.54 Å². The van der Waals surface area contributed by atoms with Crippen LogP contribution < -0.4 is 10.5 Å². The molecule has 3 heteroatoms. The first kappa shape index (κ1) is 13.0. The first-order valence-electron chi connectivity index (χ1n) is 5.67. The van der Waals surface area contributed by atoms with Crippen LogP contribution in [0.2, 0.25) is 0 Å². The van der Waals surface area contributed by atoms with Gasteiger partial charge in [-0.05, 0) is 32.1 Å². The average Bonchev–Trinajstić information content (AvgIpc) is 2.29. The predicted octanol–water partition coefficient (Wildman–Crippen LogP) is 1.82. The molecule has 0 amide bonds. The summed E-state index contributed by atoms with van der Waals surface area (Å²) in [6.07, 6.45) is 1.03. The Hall–Kier alpha value is -1.06. The molecule has 1 rings (SSSR count). The molecular formula is C13H22N2O. The highest BCUT2D eigenvalue weighted by Gasteiger charge is 2.16. The quantitative estimate of drug-likeness (QED) is 0.826. The van der Waals surface area contributed by atoms with Crippen LogP contribution in [0, 0.1) is 0 Å². The maximum absolute atomic E-state index is 5.82. The molecule has 1 aromatic rings. The lowest BCUT2D eigenvalue weighted by Crippen LogP contribution is -2.27. The van der Waals surface area contributed by atoms with Crippen LogP contribution in [0.5, 0.6) is 5.75 Å². The average molecular weight is 222 g/mol. The monoisotopic (exact) mass is 222 g/mol. The molecule has 1 atom stereocenters. The molecule has 0 aliphatic carbocycles. The number of ether oxygens (including phenoxy) is 1. The Balaban J connectivity index is 3.15. The van der Waals surface area contributed by atoms with Crippen LogP contribution in [0.15, 0.2) is 18.2 Å². The van der Waals surface area contributed by atoms with Gasteiger partial charge in [0.05, 0.1) is 13.2 Å². The SMILES string of the molecule is CCc1ccc(OC)c(C(CN)N(C)C)c1. The van der Waals surface area contributed by atoms with E-state index in [0.717, 1.165) is 12.2 Å². The van der Waals surface area contributed by atoms with Gasteiger partial charge in [-0.3, -0.25) is 0 Å². The van der Waals surface area contributed by atoms with E-state index in [-0.39, 0.29) is 6.04 Å². The van der Waals surface area contributed by atoms with Gasteiger partial charge in [0, 0.05) is 12.1 Å². The second kappa shape index (κ2) is 5.87. The fraction of sp³-hybridized carbons (Fsp3) is 0.538. The Morgan fingerprint density at radius 2 is 2.06 bits per heavy atom. The Morgan fingerprint density at radius 1 is 1.38 bits per heavy atom. The molecule has 16 heavy (non-hydrogen) atoms. The zero-order valence-electron chi connectivity index (χ0n) is 10.7. The maximum Gasteiger partial charge on any atom is 0.123 e. The van der Waals surface area contributed by atoms with Gasteiger partial charge in [-0.1, -0.05) is 19.1 Å². The minimum Gasteiger partial charge on any atom is -0.496 e. The normalized spacial score (nSPS) is 12.9. The zero-order chi connectivity index (χ0) is 12.1. The molecule has 0 bridgehead atoms. The van der Waals surface area contributed by atoms with E-state index in [1.807, 2.05) is 20.2 Å². The second-order valence-corrected chi connectivity index (χ2v) is 4.14. The van der Waals surface area contributed by atoms with Crippen molar-refractivity contribution < 1.29 is 4.74 Å². The number of hydrogen-bond acceptors (Lipinski definition) is 3. The van der Waals surface area contributed by atoms with Crippen molar-refractivity contribution in [2.45, 2.75) is 19.4 Å². The van der Waals surface area contributed by atoms with Gasteiger partial charge in [0.1, 0.15) is 5.75 Å². The molecule has 0 saturated heterocycles. The lowest BCUT2D eigenvalue weighted by Gasteiger charge is -2.25. The van der Waals surface area contributed by atoms with Crippen LogP contribution in [0.3, 0.4) is 0 Å². The Kier molecular flexibility index (Phi) is 4.77. The number of nitrogens with two attached hydrogens (primary N) is 1. The van der Waals surface area contributed by atoms with E-state index in [1.54, 1.807) is 7.11 Å². The number of methoxy groups -OCH3 is 1. The number of nitrogens with zero attached hydrogens (tertiary/aromatic N) is 1. The van der Waals surface area contributed by atoms with Crippen molar-refractivity contribution in [2.75, 3.05) is 27.7 Å². The van der Waals surface area contributed by atoms with Crippen LogP contribution in [0.1, 0.15) is 24.1 Å². The molecule has 0 spiro atoms. The van der Waals surface area contributed by atoms with Gasteiger partial charge in [-0.25, -0.2) is 0 Å². The van der Waals surface area contributed by atoms with Gasteiger partial charge in [0.2, 0.25) is 0 Å². The molecule has 0 fully saturated rings. The van der Waals surface area contributed by atoms with E-state index in [2.05, 4.69) is 24.0 Å². The molecular weight excluding hydrogens is 200 g/mol. The summed E-state index contributed by atoms with van der Waals surface area (Å²) in [7, 11) is 5.78. The first-order valence-corrected chi connectivity index (χ1v) is 5.67. The van der Waals surface area contributed by atoms with Crippen molar-refractivity contribution in [1.29, 1.82) is 0 Å². The van der Waals surface area contributed by atoms with Gasteiger partial charge >= 0.3 is 0 Å². The summed E-state index contributed by atoms with van der Waals surface area (Å²) in [5.41, 5.74) is 8.31. The minimum atomic E-state index is 0.210. The van der Waals surface area contributed by atoms with Crippen molar-refractivity contribution in [1.82, 2.24) is 4.90 Å². The first-order chi connectivity index (χ1) is 7.63. The third-order valence-electron chi connectivity index (χ3n) is 2.91. The van der Waals surface area contributed by atoms with Crippen molar-refractivity contribution in [2.24, 2.45) is 5.73 Å². The van der Waals surface area contributed by atoms with Crippen molar-refractivity contribution in [3.63, 3.8) is 0 Å². The fourth-order valence-electron chi connectivity index (χ4n) is 1.88. The largest absolute Gasteiger partial charge is 0.496 e. The molecule has 0 aromatic heterocycles. The van der Waals surface area contributed by atoms with Crippen molar-refractivity contribution >= 4 is 0 Å². The van der Waals surface area contributed by atoms with Crippen molar-refractivity contribution in [3.05, 3.63) is 29.3 Å². The summed E-state index contributed by atoms with van der Waals surface area (Å²) in [6.45, 7) is 2.75. The number of rotatable bonds is 5. The van der Waals surface area contributed by atoms with E-state index in [4.69, 9.17) is 10.5 Å². The second-order valence-electron chi connectivity index (χ2n) is 4.14. The van der Waals surface area contributed by atoms with Crippen LogP contribution >= 0.6 is 0 Å². The summed E-state index contributed by atoms with van der Waals surface area (Å²) in [4.78, 5) is 2.12. The Labute approximate surface area is 98.2 Å². The van der Waals surface area contributed by atoms with E-state index in [9.17, 15) is 0 Å². The van der Waals surface area contributed by atoms with Gasteiger partial charge in [0.25, 0.3) is 0 Å². The molecule has 1 aromatic carbocycles. The number of aryl methyl sites for hydroxylation is 1. The molecule has 0 aliphatic rings. The molecule has 2 N–H and O–H groups in total. The standard InChI is InChI=1S/C13H22N2O/c1-5-10-6-7-13(16-4)11(8-10)12(9-14)15(2)3/h6-8,12H,5,9,14H2,1-4H3. The molecule has 90 valence electrons. The van der Waals surface area contributed by atoms with Crippen molar-refractivity contribution in [3.8, 4) is 5.75 Å². The third-order valence-corrected chi connectivity index (χ3v) is 2.91. The molecule has 0 radical (unpaired) electrons. The van der Waals surface area contributed by atoms with Crippen LogP contribution in [-0.2, 0) is 6.42 Å². The van der Waals surface area contributed by atoms with Gasteiger partial charge in [-0.2, -0.15) is 0 Å². The zero-order valence-corrected chi connectivity index (χ0v) is 10.7. The summed E-state index contributed by atoms with van der Waals surface area (Å²) >= 11 is 0. The van der Waals surface area contributed by atoms with E-state index < -0.39 is 0 Å². The molecule has 0 aliphatic heterocycles. The van der Waals surface area contributed by atoms with Crippen LogP contribution in [-0.4, -0.2) is 32.6 Å². The number of likely N-dealkylation sites (N-methyl/N-ethyl adjacent to an activating group) is 1. The van der Waals surface area contributed by atoms with Crippen LogP contribution in [0.25, 0.3) is 0 Å².